The molecule has 0 unspecified atom stereocenters. The molecule has 2 N–H and O–H groups in total. The summed E-state index contributed by atoms with van der Waals surface area (Å²) in [7, 11) is 2.14. The molecule has 0 amide bonds. The van der Waals surface area contributed by atoms with Crippen LogP contribution in [0.3, 0.4) is 0 Å². The Morgan fingerprint density at radius 2 is 1.89 bits per heavy atom. The number of aromatic amines is 2. The van der Waals surface area contributed by atoms with Gasteiger partial charge in [0.2, 0.25) is 5.43 Å². The van der Waals surface area contributed by atoms with E-state index in [1.807, 2.05) is 0 Å². The summed E-state index contributed by atoms with van der Waals surface area (Å²) in [6.07, 6.45) is 0.922. The van der Waals surface area contributed by atoms with Crippen LogP contribution in [-0.4, -0.2) is 76.6 Å². The molecule has 0 saturated carbocycles. The van der Waals surface area contributed by atoms with Crippen LogP contribution in [0.2, 0.25) is 0 Å². The van der Waals surface area contributed by atoms with Crippen molar-refractivity contribution in [1.82, 2.24) is 30.2 Å². The van der Waals surface area contributed by atoms with Gasteiger partial charge in [-0.2, -0.15) is 15.4 Å². The van der Waals surface area contributed by atoms with Crippen LogP contribution in [0, 0.1) is 0 Å². The zero-order chi connectivity index (χ0) is 18.8. The largest absolute Gasteiger partial charge is 0.493 e. The van der Waals surface area contributed by atoms with Gasteiger partial charge in [0.15, 0.2) is 11.0 Å². The number of ether oxygens (including phenoxy) is 1. The van der Waals surface area contributed by atoms with E-state index in [2.05, 4.69) is 37.2 Å². The van der Waals surface area contributed by atoms with Crippen molar-refractivity contribution < 1.29 is 4.74 Å². The average Bonchev–Trinajstić information content (AvgIpc) is 3.13. The fourth-order valence-corrected chi connectivity index (χ4v) is 3.32. The van der Waals surface area contributed by atoms with Crippen LogP contribution < -0.4 is 15.7 Å². The average molecular weight is 370 g/mol. The molecule has 9 nitrogen and oxygen atoms in total. The van der Waals surface area contributed by atoms with E-state index in [1.165, 1.54) is 0 Å². The summed E-state index contributed by atoms with van der Waals surface area (Å²) in [6.45, 7) is 5.96. The number of benzene rings is 1. The maximum atomic E-state index is 12.5. The van der Waals surface area contributed by atoms with Gasteiger partial charge in [0, 0.05) is 44.2 Å². The Balaban J connectivity index is 1.46. The quantitative estimate of drug-likeness (QED) is 0.617. The van der Waals surface area contributed by atoms with Crippen LogP contribution in [0.25, 0.3) is 21.9 Å². The minimum atomic E-state index is -0.460. The van der Waals surface area contributed by atoms with Gasteiger partial charge in [-0.15, -0.1) is 0 Å². The van der Waals surface area contributed by atoms with Gasteiger partial charge in [-0.1, -0.05) is 0 Å². The summed E-state index contributed by atoms with van der Waals surface area (Å²) in [5.74, 6) is 0.620. The maximum Gasteiger partial charge on any atom is 0.278 e. The summed E-state index contributed by atoms with van der Waals surface area (Å²) in [6, 6.07) is 5.07. The summed E-state index contributed by atoms with van der Waals surface area (Å²) < 4.78 is 5.82. The molecule has 1 aliphatic rings. The van der Waals surface area contributed by atoms with Gasteiger partial charge in [-0.05, 0) is 25.6 Å². The van der Waals surface area contributed by atoms with Crippen LogP contribution in [-0.2, 0) is 0 Å². The third-order valence-corrected chi connectivity index (χ3v) is 4.95. The molecule has 1 aliphatic heterocycles. The molecule has 4 rings (SSSR count). The number of aromatic nitrogens is 4. The molecule has 0 bridgehead atoms. The molecule has 0 radical (unpaired) electrons. The van der Waals surface area contributed by atoms with Gasteiger partial charge in [-0.25, -0.2) is 0 Å². The van der Waals surface area contributed by atoms with Crippen molar-refractivity contribution in [3.63, 3.8) is 0 Å². The van der Waals surface area contributed by atoms with Crippen LogP contribution in [0.15, 0.2) is 27.8 Å². The summed E-state index contributed by atoms with van der Waals surface area (Å²) in [5, 5.41) is 10.2. The van der Waals surface area contributed by atoms with Crippen molar-refractivity contribution in [1.29, 1.82) is 0 Å². The minimum Gasteiger partial charge on any atom is -0.493 e. The standard InChI is InChI=1S/C18H22N6O3/c1-23-6-8-24(9-7-23)5-2-10-27-12-3-4-13-14(11-12)19-18(26)16-15(17(13)25)20-22-21-16/h3-4,11H,2,5-10H2,1H3,(H,19,26)(H,20,21,22). The van der Waals surface area contributed by atoms with Crippen LogP contribution in [0.1, 0.15) is 6.42 Å². The van der Waals surface area contributed by atoms with E-state index in [-0.39, 0.29) is 16.5 Å². The van der Waals surface area contributed by atoms with Crippen LogP contribution >= 0.6 is 0 Å². The number of piperazine rings is 1. The predicted molar refractivity (Wildman–Crippen MR) is 102 cm³/mol. The van der Waals surface area contributed by atoms with Crippen LogP contribution in [0.5, 0.6) is 5.75 Å². The second-order valence-corrected chi connectivity index (χ2v) is 6.86. The smallest absolute Gasteiger partial charge is 0.278 e. The number of likely N-dealkylation sites (N-methyl/N-ethyl adjacent to an activating group) is 1. The first kappa shape index (κ1) is 17.6. The molecule has 1 aromatic carbocycles. The molecule has 1 fully saturated rings. The molecule has 0 atom stereocenters. The Kier molecular flexibility index (Phi) is 4.87. The second-order valence-electron chi connectivity index (χ2n) is 6.86. The predicted octanol–water partition coefficient (Wildman–Crippen LogP) is 0.176. The molecule has 2 aromatic heterocycles. The fourth-order valence-electron chi connectivity index (χ4n) is 3.32. The number of H-pyrrole nitrogens is 2. The lowest BCUT2D eigenvalue weighted by Gasteiger charge is -2.32. The lowest BCUT2D eigenvalue weighted by Crippen LogP contribution is -2.44. The van der Waals surface area contributed by atoms with Gasteiger partial charge in [0.1, 0.15) is 5.75 Å². The van der Waals surface area contributed by atoms with E-state index in [0.717, 1.165) is 39.1 Å². The van der Waals surface area contributed by atoms with E-state index in [1.54, 1.807) is 18.2 Å². The van der Waals surface area contributed by atoms with E-state index in [0.29, 0.717) is 23.3 Å². The van der Waals surface area contributed by atoms with Gasteiger partial charge in [0.25, 0.3) is 5.56 Å². The molecule has 0 spiro atoms. The first-order chi connectivity index (χ1) is 13.1. The summed E-state index contributed by atoms with van der Waals surface area (Å²) in [4.78, 5) is 32.2. The highest BCUT2D eigenvalue weighted by Crippen LogP contribution is 2.17. The third kappa shape index (κ3) is 3.69. The number of nitrogens with one attached hydrogen (secondary N) is 2. The topological polar surface area (TPSA) is 107 Å². The van der Waals surface area contributed by atoms with E-state index in [9.17, 15) is 9.59 Å². The minimum absolute atomic E-state index is 0.00541. The first-order valence-corrected chi connectivity index (χ1v) is 9.06. The van der Waals surface area contributed by atoms with E-state index >= 15 is 0 Å². The third-order valence-electron chi connectivity index (χ3n) is 4.95. The Hall–Kier alpha value is -2.78. The molecule has 9 heteroatoms. The number of nitrogens with zero attached hydrogens (tertiary/aromatic N) is 4. The second kappa shape index (κ2) is 7.45. The Labute approximate surface area is 154 Å². The molecule has 27 heavy (non-hydrogen) atoms. The zero-order valence-corrected chi connectivity index (χ0v) is 15.2. The highest BCUT2D eigenvalue weighted by Gasteiger charge is 2.13. The van der Waals surface area contributed by atoms with Crippen molar-refractivity contribution in [3.05, 3.63) is 38.8 Å². The van der Waals surface area contributed by atoms with Crippen molar-refractivity contribution >= 4 is 21.9 Å². The first-order valence-electron chi connectivity index (χ1n) is 9.06. The van der Waals surface area contributed by atoms with Crippen molar-refractivity contribution in [2.75, 3.05) is 46.4 Å². The zero-order valence-electron chi connectivity index (χ0n) is 15.2. The number of hydrogen-bond donors (Lipinski definition) is 2. The van der Waals surface area contributed by atoms with Gasteiger partial charge in [0.05, 0.1) is 12.1 Å². The van der Waals surface area contributed by atoms with Gasteiger partial charge >= 0.3 is 0 Å². The van der Waals surface area contributed by atoms with Crippen LogP contribution in [0.4, 0.5) is 0 Å². The number of rotatable bonds is 5. The number of fused-ring (bicyclic) bond motifs is 2. The summed E-state index contributed by atoms with van der Waals surface area (Å²) in [5.41, 5.74) is -0.342. The number of hydrogen-bond acceptors (Lipinski definition) is 7. The molecule has 3 heterocycles. The highest BCUT2D eigenvalue weighted by molar-refractivity contribution is 5.87. The lowest BCUT2D eigenvalue weighted by atomic mass is 10.2. The van der Waals surface area contributed by atoms with Crippen molar-refractivity contribution in [2.24, 2.45) is 0 Å². The maximum absolute atomic E-state index is 12.5. The normalized spacial score (nSPS) is 16.2. The van der Waals surface area contributed by atoms with Gasteiger partial charge < -0.3 is 19.5 Å². The van der Waals surface area contributed by atoms with E-state index in [4.69, 9.17) is 4.74 Å². The highest BCUT2D eigenvalue weighted by atomic mass is 16.5. The monoisotopic (exact) mass is 370 g/mol. The molecule has 1 saturated heterocycles. The molecular weight excluding hydrogens is 348 g/mol. The Morgan fingerprint density at radius 1 is 1.11 bits per heavy atom. The summed E-state index contributed by atoms with van der Waals surface area (Å²) >= 11 is 0. The molecular formula is C18H22N6O3. The Morgan fingerprint density at radius 3 is 2.70 bits per heavy atom. The van der Waals surface area contributed by atoms with E-state index < -0.39 is 5.56 Å². The van der Waals surface area contributed by atoms with Gasteiger partial charge in [-0.3, -0.25) is 9.59 Å². The Bertz CT molecular complexity index is 1070. The molecule has 3 aromatic rings. The fraction of sp³-hybridized carbons (Fsp3) is 0.444. The van der Waals surface area contributed by atoms with Crippen molar-refractivity contribution in [2.45, 2.75) is 6.42 Å². The lowest BCUT2D eigenvalue weighted by molar-refractivity contribution is 0.145. The SMILES string of the molecule is CN1CCN(CCCOc2ccc3c(=O)c4n[nH]nc4c(=O)[nH]c3c2)CC1. The van der Waals surface area contributed by atoms with Crippen molar-refractivity contribution in [3.8, 4) is 5.75 Å². The molecule has 142 valence electrons. The molecule has 0 aliphatic carbocycles.